The minimum absolute atomic E-state index is 0.136. The largest absolute Gasteiger partial charge is 0.463 e. The third-order valence-corrected chi connectivity index (χ3v) is 5.17. The molecular formula is C23H46O2. The first-order valence-electron chi connectivity index (χ1n) is 11.4. The molecule has 0 saturated heterocycles. The molecule has 1 atom stereocenters. The molecule has 0 radical (unpaired) electrons. The third-order valence-electron chi connectivity index (χ3n) is 5.17. The Morgan fingerprint density at radius 3 is 1.32 bits per heavy atom. The molecule has 0 aliphatic heterocycles. The molecule has 0 heterocycles. The summed E-state index contributed by atoms with van der Waals surface area (Å²) in [6.45, 7) is 5.89. The molecule has 0 aromatic rings. The van der Waals surface area contributed by atoms with E-state index in [0.29, 0.717) is 0 Å². The highest BCUT2D eigenvalue weighted by Gasteiger charge is 2.08. The van der Waals surface area contributed by atoms with Crippen molar-refractivity contribution < 1.29 is 9.53 Å². The van der Waals surface area contributed by atoms with Gasteiger partial charge < -0.3 is 4.74 Å². The van der Waals surface area contributed by atoms with Crippen molar-refractivity contribution in [3.63, 3.8) is 0 Å². The Morgan fingerprint density at radius 1 is 0.640 bits per heavy atom. The van der Waals surface area contributed by atoms with E-state index in [2.05, 4.69) is 13.8 Å². The van der Waals surface area contributed by atoms with Crippen LogP contribution in [0.1, 0.15) is 136 Å². The standard InChI is InChI=1S/C23H46O2/c1-4-6-7-8-9-10-11-12-13-14-15-16-17-18-19-20-21-23(5-2)25-22(3)24/h23H,4-21H2,1-3H3. The predicted molar refractivity (Wildman–Crippen MR) is 110 cm³/mol. The molecule has 0 saturated carbocycles. The molecular weight excluding hydrogens is 308 g/mol. The molecule has 0 spiro atoms. The fourth-order valence-electron chi connectivity index (χ4n) is 3.50. The maximum atomic E-state index is 11.0. The summed E-state index contributed by atoms with van der Waals surface area (Å²) in [7, 11) is 0. The summed E-state index contributed by atoms with van der Waals surface area (Å²) >= 11 is 0. The number of ether oxygens (including phenoxy) is 1. The monoisotopic (exact) mass is 354 g/mol. The predicted octanol–water partition coefficient (Wildman–Crippen LogP) is 7.98. The van der Waals surface area contributed by atoms with Gasteiger partial charge >= 0.3 is 5.97 Å². The summed E-state index contributed by atoms with van der Waals surface area (Å²) in [5.74, 6) is -0.136. The van der Waals surface area contributed by atoms with Crippen LogP contribution in [0.15, 0.2) is 0 Å². The average molecular weight is 355 g/mol. The van der Waals surface area contributed by atoms with Gasteiger partial charge in [-0.2, -0.15) is 0 Å². The first-order chi connectivity index (χ1) is 12.2. The van der Waals surface area contributed by atoms with E-state index in [4.69, 9.17) is 4.74 Å². The molecule has 0 amide bonds. The van der Waals surface area contributed by atoms with Gasteiger partial charge in [-0.15, -0.1) is 0 Å². The van der Waals surface area contributed by atoms with Crippen molar-refractivity contribution >= 4 is 5.97 Å². The van der Waals surface area contributed by atoms with Crippen molar-refractivity contribution in [1.29, 1.82) is 0 Å². The molecule has 1 unspecified atom stereocenters. The summed E-state index contributed by atoms with van der Waals surface area (Å²) in [6, 6.07) is 0. The zero-order chi connectivity index (χ0) is 18.6. The number of hydrogen-bond donors (Lipinski definition) is 0. The highest BCUT2D eigenvalue weighted by Crippen LogP contribution is 2.15. The van der Waals surface area contributed by atoms with Crippen LogP contribution in [0.5, 0.6) is 0 Å². The number of carbonyl (C=O) groups excluding carboxylic acids is 1. The Bertz CT molecular complexity index is 275. The second kappa shape index (κ2) is 19.8. The van der Waals surface area contributed by atoms with Crippen molar-refractivity contribution in [2.45, 2.75) is 142 Å². The van der Waals surface area contributed by atoms with Gasteiger partial charge in [0.25, 0.3) is 0 Å². The van der Waals surface area contributed by atoms with Crippen molar-refractivity contribution in [1.82, 2.24) is 0 Å². The van der Waals surface area contributed by atoms with E-state index in [1.54, 1.807) is 0 Å². The molecule has 0 aromatic carbocycles. The van der Waals surface area contributed by atoms with E-state index < -0.39 is 0 Å². The minimum Gasteiger partial charge on any atom is -0.463 e. The van der Waals surface area contributed by atoms with E-state index in [0.717, 1.165) is 12.8 Å². The van der Waals surface area contributed by atoms with Crippen LogP contribution in [0.3, 0.4) is 0 Å². The number of esters is 1. The van der Waals surface area contributed by atoms with Crippen LogP contribution < -0.4 is 0 Å². The van der Waals surface area contributed by atoms with E-state index >= 15 is 0 Å². The fraction of sp³-hybridized carbons (Fsp3) is 0.957. The van der Waals surface area contributed by atoms with Crippen molar-refractivity contribution in [3.8, 4) is 0 Å². The van der Waals surface area contributed by atoms with Crippen LogP contribution in [-0.4, -0.2) is 12.1 Å². The lowest BCUT2D eigenvalue weighted by atomic mass is 10.0. The summed E-state index contributed by atoms with van der Waals surface area (Å²) in [4.78, 5) is 11.0. The minimum atomic E-state index is -0.136. The zero-order valence-corrected chi connectivity index (χ0v) is 17.6. The lowest BCUT2D eigenvalue weighted by Gasteiger charge is -2.14. The molecule has 0 fully saturated rings. The van der Waals surface area contributed by atoms with Crippen LogP contribution in [0, 0.1) is 0 Å². The molecule has 0 N–H and O–H groups in total. The Balaban J connectivity index is 3.15. The Morgan fingerprint density at radius 2 is 1.00 bits per heavy atom. The van der Waals surface area contributed by atoms with Gasteiger partial charge in [0.05, 0.1) is 0 Å². The lowest BCUT2D eigenvalue weighted by Crippen LogP contribution is -2.14. The first-order valence-corrected chi connectivity index (χ1v) is 11.4. The van der Waals surface area contributed by atoms with Crippen molar-refractivity contribution in [3.05, 3.63) is 0 Å². The molecule has 2 nitrogen and oxygen atoms in total. The summed E-state index contributed by atoms with van der Waals surface area (Å²) in [5, 5.41) is 0. The molecule has 0 aliphatic carbocycles. The van der Waals surface area contributed by atoms with E-state index in [1.807, 2.05) is 0 Å². The normalized spacial score (nSPS) is 12.3. The number of hydrogen-bond acceptors (Lipinski definition) is 2. The Hall–Kier alpha value is -0.530. The van der Waals surface area contributed by atoms with Crippen molar-refractivity contribution in [2.24, 2.45) is 0 Å². The quantitative estimate of drug-likeness (QED) is 0.173. The first kappa shape index (κ1) is 24.5. The lowest BCUT2D eigenvalue weighted by molar-refractivity contribution is -0.146. The average Bonchev–Trinajstić information content (AvgIpc) is 2.60. The number of rotatable bonds is 19. The smallest absolute Gasteiger partial charge is 0.302 e. The van der Waals surface area contributed by atoms with E-state index in [-0.39, 0.29) is 12.1 Å². The zero-order valence-electron chi connectivity index (χ0n) is 17.6. The van der Waals surface area contributed by atoms with Crippen LogP contribution in [-0.2, 0) is 9.53 Å². The number of unbranched alkanes of at least 4 members (excludes halogenated alkanes) is 15. The van der Waals surface area contributed by atoms with Gasteiger partial charge in [-0.1, -0.05) is 110 Å². The van der Waals surface area contributed by atoms with Gasteiger partial charge in [0.1, 0.15) is 6.10 Å². The highest BCUT2D eigenvalue weighted by molar-refractivity contribution is 5.66. The summed E-state index contributed by atoms with van der Waals surface area (Å²) in [5.41, 5.74) is 0. The van der Waals surface area contributed by atoms with E-state index in [1.165, 1.54) is 110 Å². The van der Waals surface area contributed by atoms with Gasteiger partial charge in [-0.05, 0) is 19.3 Å². The van der Waals surface area contributed by atoms with Crippen LogP contribution in [0.25, 0.3) is 0 Å². The maximum Gasteiger partial charge on any atom is 0.302 e. The van der Waals surface area contributed by atoms with Crippen LogP contribution in [0.4, 0.5) is 0 Å². The molecule has 0 aliphatic rings. The second-order valence-corrected chi connectivity index (χ2v) is 7.73. The highest BCUT2D eigenvalue weighted by atomic mass is 16.5. The topological polar surface area (TPSA) is 26.3 Å². The molecule has 2 heteroatoms. The Labute approximate surface area is 158 Å². The van der Waals surface area contributed by atoms with Gasteiger partial charge in [-0.3, -0.25) is 4.79 Å². The second-order valence-electron chi connectivity index (χ2n) is 7.73. The molecule has 0 aromatic heterocycles. The molecule has 0 rings (SSSR count). The van der Waals surface area contributed by atoms with Gasteiger partial charge in [0.15, 0.2) is 0 Å². The van der Waals surface area contributed by atoms with Gasteiger partial charge in [0, 0.05) is 6.92 Å². The summed E-state index contributed by atoms with van der Waals surface area (Å²) in [6.07, 6.45) is 24.5. The SMILES string of the molecule is CCCCCCCCCCCCCCCCCCC(CC)OC(C)=O. The van der Waals surface area contributed by atoms with Crippen LogP contribution >= 0.6 is 0 Å². The van der Waals surface area contributed by atoms with Gasteiger partial charge in [0.2, 0.25) is 0 Å². The fourth-order valence-corrected chi connectivity index (χ4v) is 3.50. The summed E-state index contributed by atoms with van der Waals surface area (Å²) < 4.78 is 5.28. The van der Waals surface area contributed by atoms with Crippen LogP contribution in [0.2, 0.25) is 0 Å². The molecule has 150 valence electrons. The maximum absolute atomic E-state index is 11.0. The van der Waals surface area contributed by atoms with Gasteiger partial charge in [-0.25, -0.2) is 0 Å². The molecule has 0 bridgehead atoms. The number of carbonyl (C=O) groups is 1. The van der Waals surface area contributed by atoms with Crippen molar-refractivity contribution in [2.75, 3.05) is 0 Å². The third kappa shape index (κ3) is 19.6. The Kier molecular flexibility index (Phi) is 19.4. The molecule has 25 heavy (non-hydrogen) atoms. The van der Waals surface area contributed by atoms with E-state index in [9.17, 15) is 4.79 Å².